The quantitative estimate of drug-likeness (QED) is 0.788. The molecular weight excluding hydrogens is 310 g/mol. The Balaban J connectivity index is 1.61. The van der Waals surface area contributed by atoms with Crippen LogP contribution in [0.1, 0.15) is 5.56 Å². The van der Waals surface area contributed by atoms with Crippen LogP contribution in [0.3, 0.4) is 0 Å². The molecule has 1 amide bonds. The molecule has 1 aliphatic rings. The summed E-state index contributed by atoms with van der Waals surface area (Å²) in [5.41, 5.74) is 1.42. The van der Waals surface area contributed by atoms with Crippen LogP contribution in [0.2, 0.25) is 0 Å². The maximum Gasteiger partial charge on any atom is 0.326 e. The smallest absolute Gasteiger partial charge is 0.326 e. The molecule has 6 heteroatoms. The van der Waals surface area contributed by atoms with E-state index in [-0.39, 0.29) is 25.7 Å². The number of methoxy groups -OCH3 is 1. The molecule has 0 N–H and O–H groups in total. The number of carbonyl (C=O) groups is 2. The number of fused-ring (bicyclic) bond motifs is 1. The summed E-state index contributed by atoms with van der Waals surface area (Å²) in [6, 6.07) is 14.3. The number of ether oxygens (including phenoxy) is 3. The summed E-state index contributed by atoms with van der Waals surface area (Å²) in [5, 5.41) is 0. The Morgan fingerprint density at radius 2 is 1.92 bits per heavy atom. The maximum absolute atomic E-state index is 12.1. The van der Waals surface area contributed by atoms with E-state index in [9.17, 15) is 9.59 Å². The van der Waals surface area contributed by atoms with Crippen molar-refractivity contribution in [3.63, 3.8) is 0 Å². The lowest BCUT2D eigenvalue weighted by atomic mass is 10.2. The van der Waals surface area contributed by atoms with Crippen LogP contribution < -0.4 is 14.4 Å². The van der Waals surface area contributed by atoms with Crippen LogP contribution in [-0.4, -0.2) is 32.1 Å². The van der Waals surface area contributed by atoms with Crippen LogP contribution in [0.25, 0.3) is 0 Å². The van der Waals surface area contributed by atoms with Crippen LogP contribution in [0.5, 0.6) is 11.5 Å². The van der Waals surface area contributed by atoms with Gasteiger partial charge in [-0.05, 0) is 29.8 Å². The first kappa shape index (κ1) is 15.9. The van der Waals surface area contributed by atoms with Crippen molar-refractivity contribution in [2.24, 2.45) is 0 Å². The minimum atomic E-state index is -0.476. The van der Waals surface area contributed by atoms with Gasteiger partial charge in [0.05, 0.1) is 12.8 Å². The van der Waals surface area contributed by atoms with E-state index in [2.05, 4.69) is 0 Å². The van der Waals surface area contributed by atoms with Gasteiger partial charge in [0.25, 0.3) is 5.91 Å². The first-order chi connectivity index (χ1) is 11.7. The summed E-state index contributed by atoms with van der Waals surface area (Å²) in [5.74, 6) is 0.576. The van der Waals surface area contributed by atoms with Crippen molar-refractivity contribution in [1.29, 1.82) is 0 Å². The van der Waals surface area contributed by atoms with E-state index in [1.807, 2.05) is 18.2 Å². The van der Waals surface area contributed by atoms with Crippen molar-refractivity contribution in [2.45, 2.75) is 6.61 Å². The average Bonchev–Trinajstić information content (AvgIpc) is 2.63. The molecule has 1 aliphatic heterocycles. The number of para-hydroxylation sites is 2. The summed E-state index contributed by atoms with van der Waals surface area (Å²) in [6.07, 6.45) is 0. The lowest BCUT2D eigenvalue weighted by molar-refractivity contribution is -0.144. The van der Waals surface area contributed by atoms with Gasteiger partial charge in [0.1, 0.15) is 24.7 Å². The molecule has 0 spiro atoms. The van der Waals surface area contributed by atoms with Crippen molar-refractivity contribution < 1.29 is 23.8 Å². The Labute approximate surface area is 139 Å². The second kappa shape index (κ2) is 7.04. The molecule has 0 unspecified atom stereocenters. The summed E-state index contributed by atoms with van der Waals surface area (Å²) in [7, 11) is 1.59. The first-order valence-electron chi connectivity index (χ1n) is 7.48. The monoisotopic (exact) mass is 327 g/mol. The largest absolute Gasteiger partial charge is 0.497 e. The molecule has 0 radical (unpaired) electrons. The van der Waals surface area contributed by atoms with Gasteiger partial charge in [-0.3, -0.25) is 14.5 Å². The zero-order valence-corrected chi connectivity index (χ0v) is 13.2. The Kier molecular flexibility index (Phi) is 4.65. The topological polar surface area (TPSA) is 65.1 Å². The second-order valence-corrected chi connectivity index (χ2v) is 5.25. The van der Waals surface area contributed by atoms with Crippen molar-refractivity contribution in [3.05, 3.63) is 54.1 Å². The number of esters is 1. The van der Waals surface area contributed by atoms with E-state index in [1.54, 1.807) is 37.4 Å². The molecular formula is C18H17NO5. The highest BCUT2D eigenvalue weighted by atomic mass is 16.5. The predicted molar refractivity (Wildman–Crippen MR) is 87.1 cm³/mol. The fourth-order valence-electron chi connectivity index (χ4n) is 2.39. The van der Waals surface area contributed by atoms with Gasteiger partial charge in [0.2, 0.25) is 0 Å². The molecule has 0 saturated carbocycles. The molecule has 0 atom stereocenters. The van der Waals surface area contributed by atoms with Crippen molar-refractivity contribution in [1.82, 2.24) is 0 Å². The Bertz CT molecular complexity index is 741. The lowest BCUT2D eigenvalue weighted by Crippen LogP contribution is -2.42. The van der Waals surface area contributed by atoms with Crippen molar-refractivity contribution in [2.75, 3.05) is 25.2 Å². The maximum atomic E-state index is 12.1. The van der Waals surface area contributed by atoms with Crippen molar-refractivity contribution >= 4 is 17.6 Å². The zero-order chi connectivity index (χ0) is 16.9. The number of anilines is 1. The summed E-state index contributed by atoms with van der Waals surface area (Å²) in [6.45, 7) is -0.0822. The number of benzene rings is 2. The molecule has 0 saturated heterocycles. The number of nitrogens with zero attached hydrogens (tertiary/aromatic N) is 1. The first-order valence-corrected chi connectivity index (χ1v) is 7.48. The number of amides is 1. The highest BCUT2D eigenvalue weighted by molar-refractivity contribution is 6.01. The van der Waals surface area contributed by atoms with Gasteiger partial charge in [-0.25, -0.2) is 0 Å². The minimum Gasteiger partial charge on any atom is -0.497 e. The SMILES string of the molecule is COc1ccc(COC(=O)CN2C(=O)COc3ccccc32)cc1. The molecule has 0 bridgehead atoms. The standard InChI is InChI=1S/C18H17NO5/c1-22-14-8-6-13(7-9-14)11-24-18(21)10-19-15-4-2-3-5-16(15)23-12-17(19)20/h2-9H,10-12H2,1H3. The van der Waals surface area contributed by atoms with Gasteiger partial charge >= 0.3 is 5.97 Å². The van der Waals surface area contributed by atoms with Gasteiger partial charge in [-0.15, -0.1) is 0 Å². The summed E-state index contributed by atoms with van der Waals surface area (Å²) in [4.78, 5) is 25.5. The fraction of sp³-hybridized carbons (Fsp3) is 0.222. The summed E-state index contributed by atoms with van der Waals surface area (Å²) < 4.78 is 15.7. The van der Waals surface area contributed by atoms with Gasteiger partial charge in [0, 0.05) is 0 Å². The summed E-state index contributed by atoms with van der Waals surface area (Å²) >= 11 is 0. The van der Waals surface area contributed by atoms with E-state index in [0.717, 1.165) is 11.3 Å². The van der Waals surface area contributed by atoms with Crippen LogP contribution in [0, 0.1) is 0 Å². The Morgan fingerprint density at radius 3 is 2.67 bits per heavy atom. The Morgan fingerprint density at radius 1 is 1.17 bits per heavy atom. The van der Waals surface area contributed by atoms with Gasteiger partial charge < -0.3 is 14.2 Å². The molecule has 6 nitrogen and oxygen atoms in total. The third-order valence-electron chi connectivity index (χ3n) is 3.65. The number of hydrogen-bond donors (Lipinski definition) is 0. The molecule has 1 heterocycles. The normalized spacial score (nSPS) is 13.0. The third-order valence-corrected chi connectivity index (χ3v) is 3.65. The molecule has 0 fully saturated rings. The molecule has 0 aromatic heterocycles. The number of hydrogen-bond acceptors (Lipinski definition) is 5. The molecule has 2 aromatic rings. The average molecular weight is 327 g/mol. The zero-order valence-electron chi connectivity index (χ0n) is 13.2. The molecule has 124 valence electrons. The van der Waals surface area contributed by atoms with E-state index < -0.39 is 5.97 Å². The van der Waals surface area contributed by atoms with Crippen LogP contribution in [0.15, 0.2) is 48.5 Å². The van der Waals surface area contributed by atoms with Gasteiger partial charge in [-0.1, -0.05) is 24.3 Å². The minimum absolute atomic E-state index is 0.0806. The van der Waals surface area contributed by atoms with E-state index >= 15 is 0 Å². The molecule has 3 rings (SSSR count). The lowest BCUT2D eigenvalue weighted by Gasteiger charge is -2.28. The van der Waals surface area contributed by atoms with Crippen LogP contribution in [0.4, 0.5) is 5.69 Å². The van der Waals surface area contributed by atoms with E-state index in [4.69, 9.17) is 14.2 Å². The predicted octanol–water partition coefficient (Wildman–Crippen LogP) is 2.16. The van der Waals surface area contributed by atoms with E-state index in [0.29, 0.717) is 11.4 Å². The number of rotatable bonds is 5. The molecule has 0 aliphatic carbocycles. The van der Waals surface area contributed by atoms with Crippen LogP contribution in [-0.2, 0) is 20.9 Å². The van der Waals surface area contributed by atoms with Crippen molar-refractivity contribution in [3.8, 4) is 11.5 Å². The Hall–Kier alpha value is -3.02. The molecule has 24 heavy (non-hydrogen) atoms. The molecule has 2 aromatic carbocycles. The second-order valence-electron chi connectivity index (χ2n) is 5.25. The third kappa shape index (κ3) is 3.48. The fourth-order valence-corrected chi connectivity index (χ4v) is 2.39. The van der Waals surface area contributed by atoms with Gasteiger partial charge in [0.15, 0.2) is 6.61 Å². The highest BCUT2D eigenvalue weighted by Gasteiger charge is 2.27. The van der Waals surface area contributed by atoms with Gasteiger partial charge in [-0.2, -0.15) is 0 Å². The van der Waals surface area contributed by atoms with E-state index in [1.165, 1.54) is 4.90 Å². The highest BCUT2D eigenvalue weighted by Crippen LogP contribution is 2.31. The number of carbonyl (C=O) groups excluding carboxylic acids is 2. The van der Waals surface area contributed by atoms with Crippen LogP contribution >= 0.6 is 0 Å².